The molecule has 1 aromatic rings. The first-order valence-corrected chi connectivity index (χ1v) is 8.89. The highest BCUT2D eigenvalue weighted by atomic mass is 32.2. The van der Waals surface area contributed by atoms with Gasteiger partial charge in [0.05, 0.1) is 28.3 Å². The maximum absolute atomic E-state index is 11.9. The van der Waals surface area contributed by atoms with Crippen LogP contribution < -0.4 is 0 Å². The molecule has 1 aromatic heterocycles. The third kappa shape index (κ3) is 3.10. The summed E-state index contributed by atoms with van der Waals surface area (Å²) in [6.45, 7) is 1.99. The van der Waals surface area contributed by atoms with Crippen LogP contribution in [0.4, 0.5) is 0 Å². The summed E-state index contributed by atoms with van der Waals surface area (Å²) < 4.78 is 23.8. The first-order chi connectivity index (χ1) is 8.53. The molecule has 18 heavy (non-hydrogen) atoms. The second kappa shape index (κ2) is 5.67. The van der Waals surface area contributed by atoms with Gasteiger partial charge < -0.3 is 5.11 Å². The molecule has 2 unspecified atom stereocenters. The number of aromatic nitrogens is 1. The van der Waals surface area contributed by atoms with Gasteiger partial charge in [0.2, 0.25) is 0 Å². The Morgan fingerprint density at radius 3 is 3.00 bits per heavy atom. The largest absolute Gasteiger partial charge is 0.396 e. The summed E-state index contributed by atoms with van der Waals surface area (Å²) in [7, 11) is -2.92. The Morgan fingerprint density at radius 2 is 2.33 bits per heavy atom. The standard InChI is InChI=1S/C12H19NO3S2/c1-9(7-14)11-8-17-12(13-11)6-10-4-2-3-5-18(10,15)16/h8-10,14H,2-7H2,1H3. The molecule has 0 bridgehead atoms. The van der Waals surface area contributed by atoms with Crippen LogP contribution in [-0.2, 0) is 16.3 Å². The number of aliphatic hydroxyl groups excluding tert-OH is 1. The molecule has 102 valence electrons. The summed E-state index contributed by atoms with van der Waals surface area (Å²) in [5.74, 6) is 0.348. The molecule has 6 heteroatoms. The Balaban J connectivity index is 2.07. The van der Waals surface area contributed by atoms with Crippen LogP contribution in [-0.4, -0.2) is 36.1 Å². The highest BCUT2D eigenvalue weighted by Gasteiger charge is 2.29. The van der Waals surface area contributed by atoms with Crippen molar-refractivity contribution in [1.82, 2.24) is 4.98 Å². The van der Waals surface area contributed by atoms with Crippen molar-refractivity contribution in [3.63, 3.8) is 0 Å². The van der Waals surface area contributed by atoms with Crippen molar-refractivity contribution < 1.29 is 13.5 Å². The first kappa shape index (κ1) is 14.0. The quantitative estimate of drug-likeness (QED) is 0.917. The van der Waals surface area contributed by atoms with E-state index in [0.717, 1.165) is 30.0 Å². The van der Waals surface area contributed by atoms with Gasteiger partial charge >= 0.3 is 0 Å². The number of hydrogen-bond acceptors (Lipinski definition) is 5. The smallest absolute Gasteiger partial charge is 0.153 e. The number of thiazole rings is 1. The molecule has 1 aliphatic rings. The fourth-order valence-electron chi connectivity index (χ4n) is 2.18. The van der Waals surface area contributed by atoms with Crippen LogP contribution in [0.25, 0.3) is 0 Å². The molecule has 1 fully saturated rings. The highest BCUT2D eigenvalue weighted by Crippen LogP contribution is 2.25. The number of nitrogens with zero attached hydrogens (tertiary/aromatic N) is 1. The van der Waals surface area contributed by atoms with Crippen molar-refractivity contribution in [2.45, 2.75) is 43.8 Å². The average Bonchev–Trinajstić information content (AvgIpc) is 2.79. The molecule has 1 N–H and O–H groups in total. The molecule has 1 aliphatic heterocycles. The summed E-state index contributed by atoms with van der Waals surface area (Å²) in [4.78, 5) is 4.43. The van der Waals surface area contributed by atoms with E-state index in [1.807, 2.05) is 12.3 Å². The Hall–Kier alpha value is -0.460. The van der Waals surface area contributed by atoms with E-state index in [0.29, 0.717) is 12.2 Å². The maximum Gasteiger partial charge on any atom is 0.153 e. The number of rotatable bonds is 4. The fraction of sp³-hybridized carbons (Fsp3) is 0.750. The minimum Gasteiger partial charge on any atom is -0.396 e. The lowest BCUT2D eigenvalue weighted by Crippen LogP contribution is -2.30. The van der Waals surface area contributed by atoms with Crippen molar-refractivity contribution in [2.75, 3.05) is 12.4 Å². The molecule has 1 saturated heterocycles. The third-order valence-corrected chi connectivity index (χ3v) is 6.63. The van der Waals surface area contributed by atoms with Gasteiger partial charge in [0.1, 0.15) is 0 Å². The molecule has 2 heterocycles. The highest BCUT2D eigenvalue weighted by molar-refractivity contribution is 7.92. The minimum atomic E-state index is -2.92. The second-order valence-electron chi connectivity index (χ2n) is 4.94. The predicted molar refractivity (Wildman–Crippen MR) is 72.7 cm³/mol. The molecular weight excluding hydrogens is 270 g/mol. The molecule has 0 amide bonds. The molecule has 0 aromatic carbocycles. The zero-order valence-corrected chi connectivity index (χ0v) is 12.1. The fourth-order valence-corrected chi connectivity index (χ4v) is 5.16. The predicted octanol–water partition coefficient (Wildman–Crippen LogP) is 1.75. The molecule has 0 spiro atoms. The van der Waals surface area contributed by atoms with Crippen LogP contribution in [0.15, 0.2) is 5.38 Å². The zero-order valence-electron chi connectivity index (χ0n) is 10.5. The van der Waals surface area contributed by atoms with E-state index < -0.39 is 9.84 Å². The molecule has 4 nitrogen and oxygen atoms in total. The van der Waals surface area contributed by atoms with E-state index >= 15 is 0 Å². The number of aliphatic hydroxyl groups is 1. The summed E-state index contributed by atoms with van der Waals surface area (Å²) in [5.41, 5.74) is 0.866. The van der Waals surface area contributed by atoms with Crippen molar-refractivity contribution in [3.05, 3.63) is 16.1 Å². The topological polar surface area (TPSA) is 67.3 Å². The lowest BCUT2D eigenvalue weighted by molar-refractivity contribution is 0.271. The number of sulfone groups is 1. The van der Waals surface area contributed by atoms with Gasteiger partial charge in [0, 0.05) is 17.7 Å². The van der Waals surface area contributed by atoms with Crippen LogP contribution in [0.2, 0.25) is 0 Å². The van der Waals surface area contributed by atoms with Gasteiger partial charge in [0.15, 0.2) is 9.84 Å². The molecule has 2 rings (SSSR count). The summed E-state index contributed by atoms with van der Waals surface area (Å²) in [6.07, 6.45) is 3.08. The molecule has 0 saturated carbocycles. The lowest BCUT2D eigenvalue weighted by Gasteiger charge is -2.21. The van der Waals surface area contributed by atoms with E-state index in [-0.39, 0.29) is 17.8 Å². The van der Waals surface area contributed by atoms with Gasteiger partial charge in [-0.2, -0.15) is 0 Å². The average molecular weight is 289 g/mol. The Kier molecular flexibility index (Phi) is 4.40. The Labute approximate surface area is 112 Å². The van der Waals surface area contributed by atoms with Crippen LogP contribution >= 0.6 is 11.3 Å². The van der Waals surface area contributed by atoms with Crippen LogP contribution in [0, 0.1) is 0 Å². The van der Waals surface area contributed by atoms with Gasteiger partial charge in [-0.25, -0.2) is 13.4 Å². The molecular formula is C12H19NO3S2. The van der Waals surface area contributed by atoms with E-state index in [9.17, 15) is 8.42 Å². The van der Waals surface area contributed by atoms with E-state index in [1.54, 1.807) is 0 Å². The van der Waals surface area contributed by atoms with Crippen molar-refractivity contribution in [1.29, 1.82) is 0 Å². The van der Waals surface area contributed by atoms with Crippen LogP contribution in [0.5, 0.6) is 0 Å². The van der Waals surface area contributed by atoms with Gasteiger partial charge in [-0.3, -0.25) is 0 Å². The lowest BCUT2D eigenvalue weighted by atomic mass is 10.1. The minimum absolute atomic E-state index is 0.0259. The number of hydrogen-bond donors (Lipinski definition) is 1. The van der Waals surface area contributed by atoms with Crippen LogP contribution in [0.3, 0.4) is 0 Å². The Morgan fingerprint density at radius 1 is 1.56 bits per heavy atom. The molecule has 0 radical (unpaired) electrons. The summed E-state index contributed by atoms with van der Waals surface area (Å²) in [6, 6.07) is 0. The van der Waals surface area contributed by atoms with E-state index in [1.165, 1.54) is 11.3 Å². The molecule has 2 atom stereocenters. The first-order valence-electron chi connectivity index (χ1n) is 6.29. The zero-order chi connectivity index (χ0) is 13.2. The van der Waals surface area contributed by atoms with E-state index in [2.05, 4.69) is 4.98 Å². The molecule has 0 aliphatic carbocycles. The summed E-state index contributed by atoms with van der Waals surface area (Å²) >= 11 is 1.50. The monoisotopic (exact) mass is 289 g/mol. The third-order valence-electron chi connectivity index (χ3n) is 3.46. The van der Waals surface area contributed by atoms with Crippen molar-refractivity contribution in [3.8, 4) is 0 Å². The van der Waals surface area contributed by atoms with Gasteiger partial charge in [-0.15, -0.1) is 11.3 Å². The second-order valence-corrected chi connectivity index (χ2v) is 8.28. The van der Waals surface area contributed by atoms with Gasteiger partial charge in [0.25, 0.3) is 0 Å². The van der Waals surface area contributed by atoms with Crippen LogP contribution in [0.1, 0.15) is 42.8 Å². The Bertz CT molecular complexity index is 495. The van der Waals surface area contributed by atoms with Gasteiger partial charge in [-0.1, -0.05) is 13.3 Å². The maximum atomic E-state index is 11.9. The van der Waals surface area contributed by atoms with Crippen molar-refractivity contribution >= 4 is 21.2 Å². The summed E-state index contributed by atoms with van der Waals surface area (Å²) in [5, 5.41) is 11.6. The van der Waals surface area contributed by atoms with E-state index in [4.69, 9.17) is 5.11 Å². The van der Waals surface area contributed by atoms with Gasteiger partial charge in [-0.05, 0) is 12.8 Å². The van der Waals surface area contributed by atoms with Crippen molar-refractivity contribution in [2.24, 2.45) is 0 Å². The SMILES string of the molecule is CC(CO)c1csc(CC2CCCCS2(=O)=O)n1. The normalized spacial score (nSPS) is 24.9.